The average Bonchev–Trinajstić information content (AvgIpc) is 2.71. The summed E-state index contributed by atoms with van der Waals surface area (Å²) >= 11 is 0. The Morgan fingerprint density at radius 1 is 1.41 bits per heavy atom. The summed E-state index contributed by atoms with van der Waals surface area (Å²) < 4.78 is 0. The zero-order valence-corrected chi connectivity index (χ0v) is 10.9. The maximum atomic E-state index is 11.4. The Morgan fingerprint density at radius 2 is 2.24 bits per heavy atom. The number of aromatic amines is 1. The van der Waals surface area contributed by atoms with Crippen LogP contribution in [0.15, 0.2) is 6.20 Å². The van der Waals surface area contributed by atoms with Crippen molar-refractivity contribution in [2.24, 2.45) is 0 Å². The van der Waals surface area contributed by atoms with E-state index >= 15 is 0 Å². The van der Waals surface area contributed by atoms with Gasteiger partial charge in [0.2, 0.25) is 5.91 Å². The summed E-state index contributed by atoms with van der Waals surface area (Å²) in [5.41, 5.74) is 2.37. The lowest BCUT2D eigenvalue weighted by molar-refractivity contribution is -0.121. The number of nitrogens with zero attached hydrogens (tertiary/aromatic N) is 1. The summed E-state index contributed by atoms with van der Waals surface area (Å²) in [7, 11) is 0. The third-order valence-corrected chi connectivity index (χ3v) is 2.89. The number of unbranched alkanes of at least 4 members (excludes halogenated alkanes) is 2. The zero-order valence-electron chi connectivity index (χ0n) is 10.9. The predicted octanol–water partition coefficient (Wildman–Crippen LogP) is 2.35. The first-order valence-electron chi connectivity index (χ1n) is 6.49. The van der Waals surface area contributed by atoms with Crippen molar-refractivity contribution >= 4 is 5.91 Å². The van der Waals surface area contributed by atoms with Crippen LogP contribution in [0.2, 0.25) is 0 Å². The molecule has 96 valence electrons. The van der Waals surface area contributed by atoms with Crippen LogP contribution in [0.3, 0.4) is 0 Å². The van der Waals surface area contributed by atoms with Crippen LogP contribution >= 0.6 is 0 Å². The standard InChI is InChI=1S/C13H23N3O/c1-3-4-5-8-13(17)14-9-6-7-12-10-15-16-11(12)2/h10H,3-9H2,1-2H3,(H,14,17)(H,15,16). The molecule has 0 atom stereocenters. The number of hydrogen-bond donors (Lipinski definition) is 2. The van der Waals surface area contributed by atoms with Crippen LogP contribution in [0, 0.1) is 6.92 Å². The number of aryl methyl sites for hydroxylation is 2. The molecule has 0 aliphatic rings. The highest BCUT2D eigenvalue weighted by atomic mass is 16.1. The molecule has 0 fully saturated rings. The van der Waals surface area contributed by atoms with E-state index in [1.807, 2.05) is 13.1 Å². The number of hydrogen-bond acceptors (Lipinski definition) is 2. The number of amides is 1. The third kappa shape index (κ3) is 5.52. The van der Waals surface area contributed by atoms with Gasteiger partial charge in [-0.2, -0.15) is 5.10 Å². The molecule has 0 saturated carbocycles. The van der Waals surface area contributed by atoms with Crippen LogP contribution in [0.4, 0.5) is 0 Å². The number of aromatic nitrogens is 2. The molecule has 17 heavy (non-hydrogen) atoms. The second-order valence-corrected chi connectivity index (χ2v) is 4.43. The molecule has 1 amide bonds. The highest BCUT2D eigenvalue weighted by Crippen LogP contribution is 2.05. The van der Waals surface area contributed by atoms with E-state index in [9.17, 15) is 4.79 Å². The quantitative estimate of drug-likeness (QED) is 0.682. The predicted molar refractivity (Wildman–Crippen MR) is 68.8 cm³/mol. The molecule has 4 heteroatoms. The molecule has 1 rings (SSSR count). The third-order valence-electron chi connectivity index (χ3n) is 2.89. The van der Waals surface area contributed by atoms with Crippen molar-refractivity contribution < 1.29 is 4.79 Å². The van der Waals surface area contributed by atoms with Crippen LogP contribution in [0.1, 0.15) is 50.3 Å². The Morgan fingerprint density at radius 3 is 2.88 bits per heavy atom. The Labute approximate surface area is 103 Å². The lowest BCUT2D eigenvalue weighted by Gasteiger charge is -2.04. The molecular formula is C13H23N3O. The first-order chi connectivity index (χ1) is 8.24. The summed E-state index contributed by atoms with van der Waals surface area (Å²) in [5.74, 6) is 0.183. The monoisotopic (exact) mass is 237 g/mol. The summed E-state index contributed by atoms with van der Waals surface area (Å²) in [6, 6.07) is 0. The number of carbonyl (C=O) groups excluding carboxylic acids is 1. The molecule has 0 aliphatic heterocycles. The summed E-state index contributed by atoms with van der Waals surface area (Å²) in [4.78, 5) is 11.4. The second-order valence-electron chi connectivity index (χ2n) is 4.43. The molecule has 2 N–H and O–H groups in total. The van der Waals surface area contributed by atoms with Gasteiger partial charge in [0, 0.05) is 18.7 Å². The van der Waals surface area contributed by atoms with Crippen molar-refractivity contribution in [1.29, 1.82) is 0 Å². The van der Waals surface area contributed by atoms with Crippen LogP contribution in [-0.2, 0) is 11.2 Å². The molecule has 0 aromatic carbocycles. The molecular weight excluding hydrogens is 214 g/mol. The van der Waals surface area contributed by atoms with Gasteiger partial charge in [0.25, 0.3) is 0 Å². The van der Waals surface area contributed by atoms with Crippen molar-refractivity contribution in [2.45, 2.75) is 52.4 Å². The zero-order chi connectivity index (χ0) is 12.5. The molecule has 1 aromatic rings. The van der Waals surface area contributed by atoms with E-state index in [1.54, 1.807) is 0 Å². The van der Waals surface area contributed by atoms with Crippen LogP contribution in [0.5, 0.6) is 0 Å². The highest BCUT2D eigenvalue weighted by Gasteiger charge is 2.02. The van der Waals surface area contributed by atoms with Gasteiger partial charge in [0.05, 0.1) is 6.20 Å². The van der Waals surface area contributed by atoms with Crippen molar-refractivity contribution in [2.75, 3.05) is 6.54 Å². The van der Waals surface area contributed by atoms with Crippen molar-refractivity contribution in [3.8, 4) is 0 Å². The van der Waals surface area contributed by atoms with E-state index in [4.69, 9.17) is 0 Å². The molecule has 0 unspecified atom stereocenters. The summed E-state index contributed by atoms with van der Waals surface area (Å²) in [6.45, 7) is 4.92. The summed E-state index contributed by atoms with van der Waals surface area (Å²) in [6.07, 6.45) is 7.77. The highest BCUT2D eigenvalue weighted by molar-refractivity contribution is 5.75. The van der Waals surface area contributed by atoms with Gasteiger partial charge >= 0.3 is 0 Å². The van der Waals surface area contributed by atoms with Gasteiger partial charge in [-0.15, -0.1) is 0 Å². The maximum absolute atomic E-state index is 11.4. The van der Waals surface area contributed by atoms with E-state index in [2.05, 4.69) is 22.4 Å². The minimum Gasteiger partial charge on any atom is -0.356 e. The smallest absolute Gasteiger partial charge is 0.219 e. The van der Waals surface area contributed by atoms with Gasteiger partial charge in [-0.05, 0) is 31.7 Å². The Bertz CT molecular complexity index is 333. The van der Waals surface area contributed by atoms with Crippen molar-refractivity contribution in [1.82, 2.24) is 15.5 Å². The first kappa shape index (κ1) is 13.7. The SMILES string of the molecule is CCCCCC(=O)NCCCc1cn[nH]c1C. The first-order valence-corrected chi connectivity index (χ1v) is 6.49. The maximum Gasteiger partial charge on any atom is 0.219 e. The van der Waals surface area contributed by atoms with Gasteiger partial charge in [-0.1, -0.05) is 19.8 Å². The van der Waals surface area contributed by atoms with Crippen LogP contribution in [-0.4, -0.2) is 22.6 Å². The van der Waals surface area contributed by atoms with Gasteiger partial charge in [0.15, 0.2) is 0 Å². The number of nitrogens with one attached hydrogen (secondary N) is 2. The largest absolute Gasteiger partial charge is 0.356 e. The lowest BCUT2D eigenvalue weighted by atomic mass is 10.1. The Hall–Kier alpha value is -1.32. The van der Waals surface area contributed by atoms with Crippen LogP contribution < -0.4 is 5.32 Å². The van der Waals surface area contributed by atoms with Crippen molar-refractivity contribution in [3.63, 3.8) is 0 Å². The molecule has 0 bridgehead atoms. The minimum absolute atomic E-state index is 0.183. The molecule has 0 spiro atoms. The molecule has 0 radical (unpaired) electrons. The number of H-pyrrole nitrogens is 1. The van der Waals surface area contributed by atoms with E-state index < -0.39 is 0 Å². The van der Waals surface area contributed by atoms with Crippen LogP contribution in [0.25, 0.3) is 0 Å². The van der Waals surface area contributed by atoms with E-state index in [0.29, 0.717) is 6.42 Å². The molecule has 4 nitrogen and oxygen atoms in total. The normalized spacial score (nSPS) is 10.5. The van der Waals surface area contributed by atoms with E-state index in [-0.39, 0.29) is 5.91 Å². The number of carbonyl (C=O) groups is 1. The topological polar surface area (TPSA) is 57.8 Å². The Balaban J connectivity index is 2.04. The number of rotatable bonds is 8. The van der Waals surface area contributed by atoms with E-state index in [1.165, 1.54) is 5.56 Å². The van der Waals surface area contributed by atoms with Gasteiger partial charge < -0.3 is 5.32 Å². The molecule has 1 aromatic heterocycles. The van der Waals surface area contributed by atoms with E-state index in [0.717, 1.165) is 44.3 Å². The summed E-state index contributed by atoms with van der Waals surface area (Å²) in [5, 5.41) is 9.84. The molecule has 1 heterocycles. The average molecular weight is 237 g/mol. The molecule has 0 aliphatic carbocycles. The van der Waals surface area contributed by atoms with Gasteiger partial charge in [-0.25, -0.2) is 0 Å². The second kappa shape index (κ2) is 7.87. The lowest BCUT2D eigenvalue weighted by Crippen LogP contribution is -2.24. The fraction of sp³-hybridized carbons (Fsp3) is 0.692. The van der Waals surface area contributed by atoms with Crippen molar-refractivity contribution in [3.05, 3.63) is 17.5 Å². The fourth-order valence-corrected chi connectivity index (χ4v) is 1.76. The fourth-order valence-electron chi connectivity index (χ4n) is 1.76. The Kier molecular flexibility index (Phi) is 6.37. The molecule has 0 saturated heterocycles. The van der Waals surface area contributed by atoms with Gasteiger partial charge in [-0.3, -0.25) is 9.89 Å². The van der Waals surface area contributed by atoms with Gasteiger partial charge in [0.1, 0.15) is 0 Å². The minimum atomic E-state index is 0.183.